The van der Waals surface area contributed by atoms with Gasteiger partial charge in [-0.15, -0.1) is 11.3 Å². The van der Waals surface area contributed by atoms with Gasteiger partial charge in [-0.3, -0.25) is 5.43 Å². The summed E-state index contributed by atoms with van der Waals surface area (Å²) in [5, 5.41) is 7.46. The quantitative estimate of drug-likeness (QED) is 0.336. The number of anilines is 1. The fraction of sp³-hybridized carbons (Fsp3) is 0.0556. The van der Waals surface area contributed by atoms with Crippen molar-refractivity contribution in [1.82, 2.24) is 4.98 Å². The van der Waals surface area contributed by atoms with Crippen LogP contribution in [0.5, 0.6) is 0 Å². The summed E-state index contributed by atoms with van der Waals surface area (Å²) in [6.45, 7) is 1.83. The Bertz CT molecular complexity index is 1110. The number of thiazole rings is 1. The molecule has 0 aliphatic rings. The van der Waals surface area contributed by atoms with Gasteiger partial charge in [-0.25, -0.2) is 9.78 Å². The maximum atomic E-state index is 12.2. The molecule has 0 aliphatic heterocycles. The first-order valence-corrected chi connectivity index (χ1v) is 8.41. The Balaban J connectivity index is 1.62. The number of aromatic nitrogens is 1. The van der Waals surface area contributed by atoms with Gasteiger partial charge in [0.2, 0.25) is 5.13 Å². The molecule has 0 saturated carbocycles. The van der Waals surface area contributed by atoms with Crippen LogP contribution in [-0.2, 0) is 0 Å². The molecule has 6 nitrogen and oxygen atoms in total. The van der Waals surface area contributed by atoms with Crippen LogP contribution >= 0.6 is 11.3 Å². The Labute approximate surface area is 146 Å². The third-order valence-electron chi connectivity index (χ3n) is 3.62. The van der Waals surface area contributed by atoms with Crippen molar-refractivity contribution >= 4 is 33.1 Å². The van der Waals surface area contributed by atoms with Crippen molar-refractivity contribution in [3.8, 4) is 11.3 Å². The lowest BCUT2D eigenvalue weighted by Gasteiger charge is -1.99. The van der Waals surface area contributed by atoms with E-state index in [0.717, 1.165) is 5.39 Å². The molecule has 124 valence electrons. The number of para-hydroxylation sites is 1. The highest BCUT2D eigenvalue weighted by atomic mass is 32.1. The molecule has 0 aliphatic carbocycles. The smallest absolute Gasteiger partial charge is 0.345 e. The van der Waals surface area contributed by atoms with E-state index in [1.165, 1.54) is 11.3 Å². The Morgan fingerprint density at radius 3 is 2.96 bits per heavy atom. The topological polar surface area (TPSA) is 80.6 Å². The zero-order valence-corrected chi connectivity index (χ0v) is 14.0. The van der Waals surface area contributed by atoms with E-state index in [1.807, 2.05) is 31.2 Å². The molecule has 0 bridgehead atoms. The van der Waals surface area contributed by atoms with Crippen molar-refractivity contribution < 1.29 is 8.83 Å². The minimum Gasteiger partial charge on any atom is -0.463 e. The summed E-state index contributed by atoms with van der Waals surface area (Å²) in [6, 6.07) is 12.8. The molecular formula is C18H13N3O3S. The number of fused-ring (bicyclic) bond motifs is 1. The van der Waals surface area contributed by atoms with Crippen LogP contribution in [0.4, 0.5) is 5.13 Å². The van der Waals surface area contributed by atoms with Gasteiger partial charge < -0.3 is 8.83 Å². The molecule has 4 rings (SSSR count). The first kappa shape index (κ1) is 15.3. The summed E-state index contributed by atoms with van der Waals surface area (Å²) < 4.78 is 10.6. The minimum atomic E-state index is -0.411. The van der Waals surface area contributed by atoms with E-state index in [-0.39, 0.29) is 0 Å². The third-order valence-corrected chi connectivity index (χ3v) is 4.37. The molecule has 1 aromatic carbocycles. The van der Waals surface area contributed by atoms with Gasteiger partial charge in [0.25, 0.3) is 0 Å². The number of benzene rings is 1. The molecule has 1 N–H and O–H groups in total. The highest BCUT2D eigenvalue weighted by molar-refractivity contribution is 7.14. The van der Waals surface area contributed by atoms with Gasteiger partial charge in [-0.05, 0) is 31.2 Å². The molecular weight excluding hydrogens is 338 g/mol. The van der Waals surface area contributed by atoms with Crippen LogP contribution in [0.3, 0.4) is 0 Å². The van der Waals surface area contributed by atoms with Crippen LogP contribution in [-0.4, -0.2) is 10.7 Å². The molecule has 0 spiro atoms. The highest BCUT2D eigenvalue weighted by Gasteiger charge is 2.11. The molecule has 0 atom stereocenters. The van der Waals surface area contributed by atoms with E-state index >= 15 is 0 Å². The van der Waals surface area contributed by atoms with Crippen LogP contribution in [0, 0.1) is 0 Å². The third kappa shape index (κ3) is 3.09. The fourth-order valence-corrected chi connectivity index (χ4v) is 3.01. The van der Waals surface area contributed by atoms with Gasteiger partial charge in [0.05, 0.1) is 17.5 Å². The summed E-state index contributed by atoms with van der Waals surface area (Å²) in [4.78, 5) is 16.6. The van der Waals surface area contributed by atoms with Crippen LogP contribution in [0.25, 0.3) is 22.2 Å². The average molecular weight is 351 g/mol. The van der Waals surface area contributed by atoms with Crippen LogP contribution in [0.1, 0.15) is 12.7 Å². The zero-order chi connectivity index (χ0) is 17.2. The summed E-state index contributed by atoms with van der Waals surface area (Å²) in [5.74, 6) is 0.680. The average Bonchev–Trinajstić information content (AvgIpc) is 3.31. The van der Waals surface area contributed by atoms with Gasteiger partial charge in [0.1, 0.15) is 17.1 Å². The first-order valence-electron chi connectivity index (χ1n) is 7.54. The number of nitrogens with one attached hydrogen (secondary N) is 1. The number of hydrogen-bond acceptors (Lipinski definition) is 7. The molecule has 0 unspecified atom stereocenters. The van der Waals surface area contributed by atoms with Gasteiger partial charge in [-0.1, -0.05) is 18.2 Å². The molecule has 4 aromatic rings. The normalized spacial score (nSPS) is 11.8. The summed E-state index contributed by atoms with van der Waals surface area (Å²) in [6.07, 6.45) is 1.59. The van der Waals surface area contributed by atoms with Crippen LogP contribution in [0.15, 0.2) is 72.8 Å². The molecule has 0 fully saturated rings. The number of rotatable bonds is 4. The Morgan fingerprint density at radius 2 is 2.12 bits per heavy atom. The summed E-state index contributed by atoms with van der Waals surface area (Å²) >= 11 is 1.36. The van der Waals surface area contributed by atoms with Crippen molar-refractivity contribution in [3.05, 3.63) is 70.3 Å². The molecule has 3 heterocycles. The van der Waals surface area contributed by atoms with E-state index < -0.39 is 5.63 Å². The number of hydrazone groups is 1. The second-order valence-corrected chi connectivity index (χ2v) is 6.17. The lowest BCUT2D eigenvalue weighted by Crippen LogP contribution is -2.03. The lowest BCUT2D eigenvalue weighted by molar-refractivity contribution is 0.557. The van der Waals surface area contributed by atoms with E-state index in [1.54, 1.807) is 29.8 Å². The highest BCUT2D eigenvalue weighted by Crippen LogP contribution is 2.25. The largest absolute Gasteiger partial charge is 0.463 e. The molecule has 0 amide bonds. The van der Waals surface area contributed by atoms with Crippen molar-refractivity contribution in [1.29, 1.82) is 0 Å². The van der Waals surface area contributed by atoms with Crippen molar-refractivity contribution in [3.63, 3.8) is 0 Å². The van der Waals surface area contributed by atoms with E-state index in [0.29, 0.717) is 33.4 Å². The van der Waals surface area contributed by atoms with Gasteiger partial charge >= 0.3 is 5.63 Å². The minimum absolute atomic E-state index is 0.411. The van der Waals surface area contributed by atoms with Crippen LogP contribution < -0.4 is 11.1 Å². The molecule has 7 heteroatoms. The number of furan rings is 1. The van der Waals surface area contributed by atoms with Crippen LogP contribution in [0.2, 0.25) is 0 Å². The molecule has 0 radical (unpaired) electrons. The molecule has 0 saturated heterocycles. The Morgan fingerprint density at radius 1 is 1.24 bits per heavy atom. The fourth-order valence-electron chi connectivity index (χ4n) is 2.36. The summed E-state index contributed by atoms with van der Waals surface area (Å²) in [5.41, 5.74) is 4.71. The van der Waals surface area contributed by atoms with Gasteiger partial charge in [0.15, 0.2) is 0 Å². The van der Waals surface area contributed by atoms with E-state index in [4.69, 9.17) is 8.83 Å². The molecule has 3 aromatic heterocycles. The van der Waals surface area contributed by atoms with Crippen molar-refractivity contribution in [2.75, 3.05) is 5.43 Å². The maximum Gasteiger partial charge on any atom is 0.345 e. The summed E-state index contributed by atoms with van der Waals surface area (Å²) in [7, 11) is 0. The predicted molar refractivity (Wildman–Crippen MR) is 98.1 cm³/mol. The lowest BCUT2D eigenvalue weighted by atomic mass is 10.1. The van der Waals surface area contributed by atoms with E-state index in [9.17, 15) is 4.79 Å². The number of nitrogens with zero attached hydrogens (tertiary/aromatic N) is 2. The number of hydrogen-bond donors (Lipinski definition) is 1. The van der Waals surface area contributed by atoms with Gasteiger partial charge in [0, 0.05) is 10.8 Å². The predicted octanol–water partition coefficient (Wildman–Crippen LogP) is 4.35. The Kier molecular flexibility index (Phi) is 3.91. The second-order valence-electron chi connectivity index (χ2n) is 5.31. The molecule has 25 heavy (non-hydrogen) atoms. The second kappa shape index (κ2) is 6.37. The maximum absolute atomic E-state index is 12.2. The van der Waals surface area contributed by atoms with Crippen molar-refractivity contribution in [2.24, 2.45) is 5.10 Å². The first-order chi connectivity index (χ1) is 12.2. The van der Waals surface area contributed by atoms with Crippen molar-refractivity contribution in [2.45, 2.75) is 6.92 Å². The standard InChI is InChI=1S/C18H13N3O3S/c1-11(15-7-4-8-23-15)20-21-18-19-14(10-25-18)13-9-12-5-2-3-6-16(12)24-17(13)22/h2-10H,1H3,(H,19,21)/b20-11+. The van der Waals surface area contributed by atoms with E-state index in [2.05, 4.69) is 15.5 Å². The monoisotopic (exact) mass is 351 g/mol. The Hall–Kier alpha value is -3.19. The SMILES string of the molecule is C/C(=N\Nc1nc(-c2cc3ccccc3oc2=O)cs1)c1ccco1. The van der Waals surface area contributed by atoms with Gasteiger partial charge in [-0.2, -0.15) is 5.10 Å². The zero-order valence-electron chi connectivity index (χ0n) is 13.2.